The minimum absolute atomic E-state index is 0.142. The van der Waals surface area contributed by atoms with E-state index in [9.17, 15) is 9.18 Å². The van der Waals surface area contributed by atoms with E-state index in [0.29, 0.717) is 11.3 Å². The molecule has 1 aromatic rings. The van der Waals surface area contributed by atoms with Crippen LogP contribution in [0.3, 0.4) is 0 Å². The van der Waals surface area contributed by atoms with E-state index in [4.69, 9.17) is 0 Å². The Labute approximate surface area is 101 Å². The summed E-state index contributed by atoms with van der Waals surface area (Å²) in [4.78, 5) is 11.1. The van der Waals surface area contributed by atoms with Crippen molar-refractivity contribution in [1.82, 2.24) is 0 Å². The lowest BCUT2D eigenvalue weighted by atomic mass is 9.86. The van der Waals surface area contributed by atoms with Gasteiger partial charge in [-0.1, -0.05) is 19.9 Å². The number of allylic oxidation sites excluding steroid dienone is 2. The maximum absolute atomic E-state index is 13.9. The molecule has 90 valence electrons. The predicted molar refractivity (Wildman–Crippen MR) is 67.4 cm³/mol. The Hall–Kier alpha value is -1.64. The molecule has 2 rings (SSSR count). The number of amides is 1. The lowest BCUT2D eigenvalue weighted by molar-refractivity contribution is -0.114. The highest BCUT2D eigenvalue weighted by atomic mass is 19.1. The maximum Gasteiger partial charge on any atom is 0.221 e. The van der Waals surface area contributed by atoms with E-state index < -0.39 is 0 Å². The monoisotopic (exact) mass is 233 g/mol. The van der Waals surface area contributed by atoms with Gasteiger partial charge in [-0.15, -0.1) is 0 Å². The van der Waals surface area contributed by atoms with Crippen molar-refractivity contribution < 1.29 is 9.18 Å². The van der Waals surface area contributed by atoms with E-state index in [2.05, 4.69) is 5.32 Å². The fraction of sp³-hybridized carbons (Fsp3) is 0.357. The summed E-state index contributed by atoms with van der Waals surface area (Å²) in [5.41, 5.74) is 2.87. The van der Waals surface area contributed by atoms with Gasteiger partial charge in [-0.25, -0.2) is 4.39 Å². The SMILES string of the molecule is CC(=O)Nc1ccc(F)c2c1C(C)=CC2(C)C. The highest BCUT2D eigenvalue weighted by Crippen LogP contribution is 2.44. The second-order valence-electron chi connectivity index (χ2n) is 5.08. The van der Waals surface area contributed by atoms with Gasteiger partial charge in [-0.3, -0.25) is 4.79 Å². The molecule has 1 aromatic carbocycles. The Balaban J connectivity index is 2.66. The molecule has 1 aliphatic carbocycles. The number of fused-ring (bicyclic) bond motifs is 1. The van der Waals surface area contributed by atoms with Gasteiger partial charge in [0.15, 0.2) is 0 Å². The van der Waals surface area contributed by atoms with Gasteiger partial charge in [0.25, 0.3) is 0 Å². The van der Waals surface area contributed by atoms with Crippen LogP contribution in [-0.4, -0.2) is 5.91 Å². The number of carbonyl (C=O) groups excluding carboxylic acids is 1. The molecule has 0 saturated heterocycles. The molecule has 0 saturated carbocycles. The van der Waals surface area contributed by atoms with Crippen molar-refractivity contribution >= 4 is 17.2 Å². The topological polar surface area (TPSA) is 29.1 Å². The average Bonchev–Trinajstić information content (AvgIpc) is 2.41. The van der Waals surface area contributed by atoms with Crippen molar-refractivity contribution in [1.29, 1.82) is 0 Å². The summed E-state index contributed by atoms with van der Waals surface area (Å²) in [5.74, 6) is -0.358. The van der Waals surface area contributed by atoms with Crippen LogP contribution >= 0.6 is 0 Å². The first-order valence-electron chi connectivity index (χ1n) is 5.63. The van der Waals surface area contributed by atoms with Crippen LogP contribution in [-0.2, 0) is 10.2 Å². The van der Waals surface area contributed by atoms with Crippen LogP contribution in [0.5, 0.6) is 0 Å². The number of halogens is 1. The Kier molecular flexibility index (Phi) is 2.57. The number of nitrogens with one attached hydrogen (secondary N) is 1. The second kappa shape index (κ2) is 3.69. The molecule has 0 aromatic heterocycles. The third-order valence-electron chi connectivity index (χ3n) is 3.08. The summed E-state index contributed by atoms with van der Waals surface area (Å²) in [6, 6.07) is 3.03. The Morgan fingerprint density at radius 3 is 2.59 bits per heavy atom. The maximum atomic E-state index is 13.9. The quantitative estimate of drug-likeness (QED) is 0.790. The van der Waals surface area contributed by atoms with E-state index in [0.717, 1.165) is 11.1 Å². The molecule has 0 heterocycles. The highest BCUT2D eigenvalue weighted by molar-refractivity contribution is 5.94. The van der Waals surface area contributed by atoms with Crippen LogP contribution < -0.4 is 5.32 Å². The van der Waals surface area contributed by atoms with Gasteiger partial charge < -0.3 is 5.32 Å². The number of hydrogen-bond acceptors (Lipinski definition) is 1. The number of anilines is 1. The van der Waals surface area contributed by atoms with E-state index >= 15 is 0 Å². The van der Waals surface area contributed by atoms with Crippen LogP contribution in [0.1, 0.15) is 38.8 Å². The van der Waals surface area contributed by atoms with Crippen molar-refractivity contribution in [3.63, 3.8) is 0 Å². The third-order valence-corrected chi connectivity index (χ3v) is 3.08. The van der Waals surface area contributed by atoms with Crippen molar-refractivity contribution in [2.24, 2.45) is 0 Å². The first kappa shape index (κ1) is 11.8. The second-order valence-corrected chi connectivity index (χ2v) is 5.08. The number of carbonyl (C=O) groups is 1. The molecule has 1 aliphatic rings. The normalized spacial score (nSPS) is 16.4. The zero-order chi connectivity index (χ0) is 12.8. The molecule has 0 aliphatic heterocycles. The Morgan fingerprint density at radius 1 is 1.35 bits per heavy atom. The van der Waals surface area contributed by atoms with Gasteiger partial charge in [-0.05, 0) is 24.6 Å². The van der Waals surface area contributed by atoms with Crippen LogP contribution in [0.15, 0.2) is 18.2 Å². The molecule has 0 unspecified atom stereocenters. The largest absolute Gasteiger partial charge is 0.326 e. The lowest BCUT2D eigenvalue weighted by Crippen LogP contribution is -2.15. The van der Waals surface area contributed by atoms with Crippen LogP contribution in [0.2, 0.25) is 0 Å². The van der Waals surface area contributed by atoms with Gasteiger partial charge in [0.05, 0.1) is 0 Å². The number of benzene rings is 1. The predicted octanol–water partition coefficient (Wildman–Crippen LogP) is 3.48. The molecule has 2 nitrogen and oxygen atoms in total. The van der Waals surface area contributed by atoms with Crippen molar-refractivity contribution in [3.05, 3.63) is 35.2 Å². The molecule has 3 heteroatoms. The first-order chi connectivity index (χ1) is 7.83. The van der Waals surface area contributed by atoms with Crippen LogP contribution in [0.4, 0.5) is 10.1 Å². The fourth-order valence-corrected chi connectivity index (χ4v) is 2.60. The molecular weight excluding hydrogens is 217 g/mol. The fourth-order valence-electron chi connectivity index (χ4n) is 2.60. The number of hydrogen-bond donors (Lipinski definition) is 1. The van der Waals surface area contributed by atoms with Crippen LogP contribution in [0.25, 0.3) is 5.57 Å². The average molecular weight is 233 g/mol. The van der Waals surface area contributed by atoms with E-state index in [1.807, 2.05) is 26.8 Å². The van der Waals surface area contributed by atoms with Gasteiger partial charge in [0.1, 0.15) is 5.82 Å². The van der Waals surface area contributed by atoms with E-state index in [1.165, 1.54) is 13.0 Å². The molecule has 1 N–H and O–H groups in total. The van der Waals surface area contributed by atoms with Crippen molar-refractivity contribution in [3.8, 4) is 0 Å². The highest BCUT2D eigenvalue weighted by Gasteiger charge is 2.33. The molecule has 17 heavy (non-hydrogen) atoms. The molecule has 1 amide bonds. The van der Waals surface area contributed by atoms with Gasteiger partial charge in [0, 0.05) is 29.2 Å². The smallest absolute Gasteiger partial charge is 0.221 e. The van der Waals surface area contributed by atoms with Crippen molar-refractivity contribution in [2.45, 2.75) is 33.1 Å². The molecule has 0 atom stereocenters. The molecule has 0 spiro atoms. The molecular formula is C14H16FNO. The van der Waals surface area contributed by atoms with Crippen molar-refractivity contribution in [2.75, 3.05) is 5.32 Å². The number of rotatable bonds is 1. The first-order valence-corrected chi connectivity index (χ1v) is 5.63. The molecule has 0 bridgehead atoms. The van der Waals surface area contributed by atoms with Gasteiger partial charge in [0.2, 0.25) is 5.91 Å². The zero-order valence-electron chi connectivity index (χ0n) is 10.5. The Morgan fingerprint density at radius 2 is 2.00 bits per heavy atom. The summed E-state index contributed by atoms with van der Waals surface area (Å²) >= 11 is 0. The summed E-state index contributed by atoms with van der Waals surface area (Å²) in [5, 5.41) is 2.75. The summed E-state index contributed by atoms with van der Waals surface area (Å²) in [6.45, 7) is 7.35. The summed E-state index contributed by atoms with van der Waals surface area (Å²) in [7, 11) is 0. The van der Waals surface area contributed by atoms with Crippen LogP contribution in [0, 0.1) is 5.82 Å². The van der Waals surface area contributed by atoms with Gasteiger partial charge in [-0.2, -0.15) is 0 Å². The minimum Gasteiger partial charge on any atom is -0.326 e. The molecule has 0 fully saturated rings. The Bertz CT molecular complexity index is 529. The van der Waals surface area contributed by atoms with E-state index in [1.54, 1.807) is 6.07 Å². The summed E-state index contributed by atoms with van der Waals surface area (Å²) < 4.78 is 13.9. The van der Waals surface area contributed by atoms with E-state index in [-0.39, 0.29) is 17.1 Å². The lowest BCUT2D eigenvalue weighted by Gasteiger charge is -2.20. The minimum atomic E-state index is -0.321. The summed E-state index contributed by atoms with van der Waals surface area (Å²) in [6.07, 6.45) is 2.03. The standard InChI is InChI=1S/C14H16FNO/c1-8-7-14(3,4)13-10(15)5-6-11(12(8)13)16-9(2)17/h5-7H,1-4H3,(H,16,17). The van der Waals surface area contributed by atoms with Gasteiger partial charge >= 0.3 is 0 Å². The zero-order valence-corrected chi connectivity index (χ0v) is 10.5. The molecule has 0 radical (unpaired) electrons. The third kappa shape index (κ3) is 1.86.